The van der Waals surface area contributed by atoms with Crippen LogP contribution >= 0.6 is 0 Å². The van der Waals surface area contributed by atoms with Gasteiger partial charge in [-0.15, -0.1) is 0 Å². The number of methoxy groups -OCH3 is 1. The van der Waals surface area contributed by atoms with E-state index in [0.717, 1.165) is 19.6 Å². The lowest BCUT2D eigenvalue weighted by atomic mass is 9.91. The summed E-state index contributed by atoms with van der Waals surface area (Å²) in [5.41, 5.74) is 0.333. The van der Waals surface area contributed by atoms with Gasteiger partial charge in [-0.05, 0) is 24.8 Å². The van der Waals surface area contributed by atoms with Crippen molar-refractivity contribution in [2.24, 2.45) is 5.41 Å². The predicted octanol–water partition coefficient (Wildman–Crippen LogP) is 2.12. The van der Waals surface area contributed by atoms with Gasteiger partial charge in [-0.3, -0.25) is 0 Å². The first-order valence-electron chi connectivity index (χ1n) is 6.91. The maximum atomic E-state index is 5.48. The number of likely N-dealkylation sites (tertiary alicyclic amines) is 1. The summed E-state index contributed by atoms with van der Waals surface area (Å²) in [6.45, 7) is 13.7. The van der Waals surface area contributed by atoms with Crippen LogP contribution in [-0.4, -0.2) is 50.3 Å². The van der Waals surface area contributed by atoms with Gasteiger partial charge < -0.3 is 15.0 Å². The normalized spacial score (nSPS) is 23.3. The van der Waals surface area contributed by atoms with Gasteiger partial charge in [0.15, 0.2) is 0 Å². The largest absolute Gasteiger partial charge is 0.380 e. The van der Waals surface area contributed by atoms with Gasteiger partial charge in [0.1, 0.15) is 0 Å². The fourth-order valence-corrected chi connectivity index (χ4v) is 2.49. The molecule has 1 aliphatic rings. The highest BCUT2D eigenvalue weighted by molar-refractivity contribution is 4.81. The summed E-state index contributed by atoms with van der Waals surface area (Å²) in [5.74, 6) is 0. The minimum Gasteiger partial charge on any atom is -0.380 e. The monoisotopic (exact) mass is 242 g/mol. The first-order chi connectivity index (χ1) is 7.93. The number of nitrogens with zero attached hydrogens (tertiary/aromatic N) is 1. The van der Waals surface area contributed by atoms with Crippen LogP contribution in [0.15, 0.2) is 0 Å². The SMILES string of the molecule is COC1CCCN(CC(C)(C)CNC(C)C)C1. The molecule has 0 spiro atoms. The third-order valence-electron chi connectivity index (χ3n) is 3.44. The number of rotatable bonds is 6. The Balaban J connectivity index is 2.35. The fourth-order valence-electron chi connectivity index (χ4n) is 2.49. The van der Waals surface area contributed by atoms with Crippen LogP contribution in [0.25, 0.3) is 0 Å². The first-order valence-corrected chi connectivity index (χ1v) is 6.91. The molecule has 1 atom stereocenters. The highest BCUT2D eigenvalue weighted by Crippen LogP contribution is 2.20. The molecule has 1 saturated heterocycles. The van der Waals surface area contributed by atoms with Crippen molar-refractivity contribution in [1.82, 2.24) is 10.2 Å². The zero-order valence-corrected chi connectivity index (χ0v) is 12.3. The third-order valence-corrected chi connectivity index (χ3v) is 3.44. The minimum atomic E-state index is 0.333. The number of hydrogen-bond acceptors (Lipinski definition) is 3. The summed E-state index contributed by atoms with van der Waals surface area (Å²) in [4.78, 5) is 2.56. The van der Waals surface area contributed by atoms with Crippen LogP contribution in [-0.2, 0) is 4.74 Å². The highest BCUT2D eigenvalue weighted by atomic mass is 16.5. The van der Waals surface area contributed by atoms with Crippen molar-refractivity contribution < 1.29 is 4.74 Å². The molecule has 0 saturated carbocycles. The van der Waals surface area contributed by atoms with E-state index in [2.05, 4.69) is 37.9 Å². The average molecular weight is 242 g/mol. The molecule has 1 N–H and O–H groups in total. The van der Waals surface area contributed by atoms with E-state index in [1.54, 1.807) is 0 Å². The van der Waals surface area contributed by atoms with Crippen molar-refractivity contribution in [1.29, 1.82) is 0 Å². The van der Waals surface area contributed by atoms with E-state index < -0.39 is 0 Å². The third kappa shape index (κ3) is 5.84. The van der Waals surface area contributed by atoms with Gasteiger partial charge in [-0.2, -0.15) is 0 Å². The number of piperidine rings is 1. The van der Waals surface area contributed by atoms with E-state index >= 15 is 0 Å². The molecule has 0 radical (unpaired) electrons. The quantitative estimate of drug-likeness (QED) is 0.772. The predicted molar refractivity (Wildman–Crippen MR) is 73.4 cm³/mol. The first kappa shape index (κ1) is 14.9. The second kappa shape index (κ2) is 6.72. The Labute approximate surface area is 107 Å². The van der Waals surface area contributed by atoms with Crippen LogP contribution in [0.3, 0.4) is 0 Å². The molecule has 0 aliphatic carbocycles. The second-order valence-electron chi connectivity index (χ2n) is 6.43. The van der Waals surface area contributed by atoms with E-state index in [0.29, 0.717) is 17.6 Å². The van der Waals surface area contributed by atoms with E-state index in [1.165, 1.54) is 19.4 Å². The molecule has 0 amide bonds. The lowest BCUT2D eigenvalue weighted by molar-refractivity contribution is 0.0182. The Morgan fingerprint density at radius 1 is 1.41 bits per heavy atom. The summed E-state index contributed by atoms with van der Waals surface area (Å²) in [6, 6.07) is 0.572. The van der Waals surface area contributed by atoms with Crippen molar-refractivity contribution >= 4 is 0 Å². The van der Waals surface area contributed by atoms with E-state index in [4.69, 9.17) is 4.74 Å². The average Bonchev–Trinajstić information content (AvgIpc) is 2.26. The molecule has 0 aromatic rings. The summed E-state index contributed by atoms with van der Waals surface area (Å²) in [7, 11) is 1.83. The molecule has 3 heteroatoms. The Bertz CT molecular complexity index is 216. The van der Waals surface area contributed by atoms with Gasteiger partial charge >= 0.3 is 0 Å². The molecule has 1 aliphatic heterocycles. The van der Waals surface area contributed by atoms with E-state index in [1.807, 2.05) is 7.11 Å². The number of hydrogen-bond donors (Lipinski definition) is 1. The topological polar surface area (TPSA) is 24.5 Å². The molecular formula is C14H30N2O. The molecule has 1 rings (SSSR count). The lowest BCUT2D eigenvalue weighted by Gasteiger charge is -2.38. The van der Waals surface area contributed by atoms with Crippen LogP contribution in [0.1, 0.15) is 40.5 Å². The molecule has 17 heavy (non-hydrogen) atoms. The van der Waals surface area contributed by atoms with Crippen molar-refractivity contribution in [3.05, 3.63) is 0 Å². The molecule has 1 fully saturated rings. The zero-order chi connectivity index (χ0) is 12.9. The van der Waals surface area contributed by atoms with Crippen LogP contribution < -0.4 is 5.32 Å². The van der Waals surface area contributed by atoms with Gasteiger partial charge in [-0.1, -0.05) is 27.7 Å². The van der Waals surface area contributed by atoms with Gasteiger partial charge in [0.2, 0.25) is 0 Å². The standard InChI is InChI=1S/C14H30N2O/c1-12(2)15-10-14(3,4)11-16-8-6-7-13(9-16)17-5/h12-13,15H,6-11H2,1-5H3. The summed E-state index contributed by atoms with van der Waals surface area (Å²) in [5, 5.41) is 3.54. The van der Waals surface area contributed by atoms with Gasteiger partial charge in [0.25, 0.3) is 0 Å². The van der Waals surface area contributed by atoms with Gasteiger partial charge in [-0.25, -0.2) is 0 Å². The molecule has 102 valence electrons. The Kier molecular flexibility index (Phi) is 5.90. The zero-order valence-electron chi connectivity index (χ0n) is 12.3. The summed E-state index contributed by atoms with van der Waals surface area (Å²) >= 11 is 0. The van der Waals surface area contributed by atoms with Gasteiger partial charge in [0, 0.05) is 32.8 Å². The van der Waals surface area contributed by atoms with Crippen LogP contribution in [0.5, 0.6) is 0 Å². The van der Waals surface area contributed by atoms with Crippen LogP contribution in [0.4, 0.5) is 0 Å². The Morgan fingerprint density at radius 2 is 2.12 bits per heavy atom. The van der Waals surface area contributed by atoms with Crippen molar-refractivity contribution in [3.63, 3.8) is 0 Å². The van der Waals surface area contributed by atoms with E-state index in [-0.39, 0.29) is 0 Å². The van der Waals surface area contributed by atoms with E-state index in [9.17, 15) is 0 Å². The molecule has 1 unspecified atom stereocenters. The fraction of sp³-hybridized carbons (Fsp3) is 1.00. The van der Waals surface area contributed by atoms with Crippen LogP contribution in [0, 0.1) is 5.41 Å². The maximum Gasteiger partial charge on any atom is 0.0698 e. The lowest BCUT2D eigenvalue weighted by Crippen LogP contribution is -2.47. The second-order valence-corrected chi connectivity index (χ2v) is 6.43. The minimum absolute atomic E-state index is 0.333. The van der Waals surface area contributed by atoms with Crippen molar-refractivity contribution in [3.8, 4) is 0 Å². The van der Waals surface area contributed by atoms with Crippen molar-refractivity contribution in [2.75, 3.05) is 33.3 Å². The smallest absolute Gasteiger partial charge is 0.0698 e. The Hall–Kier alpha value is -0.120. The summed E-state index contributed by atoms with van der Waals surface area (Å²) in [6.07, 6.45) is 2.93. The summed E-state index contributed by atoms with van der Waals surface area (Å²) < 4.78 is 5.48. The molecule has 0 bridgehead atoms. The molecule has 3 nitrogen and oxygen atoms in total. The van der Waals surface area contributed by atoms with Gasteiger partial charge in [0.05, 0.1) is 6.10 Å². The highest BCUT2D eigenvalue weighted by Gasteiger charge is 2.26. The maximum absolute atomic E-state index is 5.48. The molecule has 0 aromatic carbocycles. The molecule has 0 aromatic heterocycles. The number of ether oxygens (including phenoxy) is 1. The molecular weight excluding hydrogens is 212 g/mol. The molecule has 1 heterocycles. The Morgan fingerprint density at radius 3 is 2.71 bits per heavy atom. The number of nitrogens with one attached hydrogen (secondary N) is 1. The van der Waals surface area contributed by atoms with Crippen molar-refractivity contribution in [2.45, 2.75) is 52.7 Å². The van der Waals surface area contributed by atoms with Crippen LogP contribution in [0.2, 0.25) is 0 Å².